The molecule has 0 saturated carbocycles. The molecule has 0 spiro atoms. The van der Waals surface area contributed by atoms with E-state index in [2.05, 4.69) is 23.5 Å². The van der Waals surface area contributed by atoms with Gasteiger partial charge in [-0.3, -0.25) is 0 Å². The predicted octanol–water partition coefficient (Wildman–Crippen LogP) is 2.24. The van der Waals surface area contributed by atoms with Crippen molar-refractivity contribution in [1.29, 1.82) is 5.26 Å². The molecule has 1 rings (SSSR count). The van der Waals surface area contributed by atoms with Crippen LogP contribution in [0.1, 0.15) is 43.3 Å². The molecule has 0 aliphatic carbocycles. The molecule has 82 valence electrons. The minimum atomic E-state index is 0.166. The highest BCUT2D eigenvalue weighted by Gasteiger charge is 2.17. The van der Waals surface area contributed by atoms with Crippen molar-refractivity contribution in [1.82, 2.24) is 10.5 Å². The molecule has 4 heteroatoms. The summed E-state index contributed by atoms with van der Waals surface area (Å²) in [6.45, 7) is 7.89. The van der Waals surface area contributed by atoms with Crippen LogP contribution >= 0.6 is 0 Å². The minimum Gasteiger partial charge on any atom is -0.361 e. The normalized spacial score (nSPS) is 14.6. The molecule has 0 aliphatic rings. The largest absolute Gasteiger partial charge is 0.361 e. The van der Waals surface area contributed by atoms with Crippen LogP contribution < -0.4 is 5.32 Å². The van der Waals surface area contributed by atoms with Crippen LogP contribution in [0.2, 0.25) is 0 Å². The molecule has 0 aliphatic heterocycles. The number of aromatic nitrogens is 1. The van der Waals surface area contributed by atoms with E-state index < -0.39 is 0 Å². The number of rotatable bonds is 4. The summed E-state index contributed by atoms with van der Waals surface area (Å²) in [6, 6.07) is 2.49. The number of nitriles is 1. The Balaban J connectivity index is 2.69. The second kappa shape index (κ2) is 4.94. The molecule has 0 aromatic carbocycles. The van der Waals surface area contributed by atoms with Gasteiger partial charge in [0, 0.05) is 17.6 Å². The smallest absolute Gasteiger partial charge is 0.138 e. The topological polar surface area (TPSA) is 61.9 Å². The lowest BCUT2D eigenvalue weighted by molar-refractivity contribution is 0.389. The fourth-order valence-corrected chi connectivity index (χ4v) is 1.81. The van der Waals surface area contributed by atoms with Crippen LogP contribution in [-0.4, -0.2) is 11.2 Å². The molecule has 2 atom stereocenters. The summed E-state index contributed by atoms with van der Waals surface area (Å²) >= 11 is 0. The van der Waals surface area contributed by atoms with E-state index in [-0.39, 0.29) is 12.1 Å². The van der Waals surface area contributed by atoms with Crippen molar-refractivity contribution in [3.8, 4) is 6.07 Å². The first kappa shape index (κ1) is 11.7. The predicted molar refractivity (Wildman–Crippen MR) is 57.2 cm³/mol. The molecular formula is C11H17N3O. The van der Waals surface area contributed by atoms with Gasteiger partial charge in [0.1, 0.15) is 5.76 Å². The van der Waals surface area contributed by atoms with E-state index in [1.807, 2.05) is 20.8 Å². The molecule has 0 radical (unpaired) electrons. The zero-order valence-corrected chi connectivity index (χ0v) is 9.66. The Morgan fingerprint density at radius 2 is 2.13 bits per heavy atom. The van der Waals surface area contributed by atoms with Gasteiger partial charge in [-0.2, -0.15) is 5.26 Å². The van der Waals surface area contributed by atoms with Gasteiger partial charge in [0.25, 0.3) is 0 Å². The third-order valence-corrected chi connectivity index (χ3v) is 2.45. The maximum absolute atomic E-state index is 8.57. The quantitative estimate of drug-likeness (QED) is 0.822. The number of aryl methyl sites for hydroxylation is 2. The van der Waals surface area contributed by atoms with E-state index in [0.717, 1.165) is 17.0 Å². The summed E-state index contributed by atoms with van der Waals surface area (Å²) in [5, 5.41) is 15.8. The lowest BCUT2D eigenvalue weighted by atomic mass is 10.1. The van der Waals surface area contributed by atoms with E-state index >= 15 is 0 Å². The third-order valence-electron chi connectivity index (χ3n) is 2.45. The molecule has 0 bridgehead atoms. The molecule has 0 fully saturated rings. The standard InChI is InChI=1S/C11H17N3O/c1-7(5-6-12)13-8(2)11-9(3)14-15-10(11)4/h7-8,13H,5H2,1-4H3. The molecule has 1 aromatic rings. The lowest BCUT2D eigenvalue weighted by Crippen LogP contribution is -2.29. The third kappa shape index (κ3) is 2.80. The molecular weight excluding hydrogens is 190 g/mol. The van der Waals surface area contributed by atoms with Crippen molar-refractivity contribution in [3.63, 3.8) is 0 Å². The Morgan fingerprint density at radius 1 is 1.47 bits per heavy atom. The average Bonchev–Trinajstić information content (AvgIpc) is 2.46. The van der Waals surface area contributed by atoms with Gasteiger partial charge in [-0.1, -0.05) is 5.16 Å². The first-order valence-electron chi connectivity index (χ1n) is 5.12. The summed E-state index contributed by atoms with van der Waals surface area (Å²) < 4.78 is 5.10. The first-order valence-corrected chi connectivity index (χ1v) is 5.12. The summed E-state index contributed by atoms with van der Waals surface area (Å²) in [6.07, 6.45) is 0.508. The molecule has 1 N–H and O–H groups in total. The molecule has 4 nitrogen and oxygen atoms in total. The summed E-state index contributed by atoms with van der Waals surface area (Å²) in [5.41, 5.74) is 2.01. The van der Waals surface area contributed by atoms with Crippen molar-refractivity contribution in [3.05, 3.63) is 17.0 Å². The van der Waals surface area contributed by atoms with E-state index in [9.17, 15) is 0 Å². The van der Waals surface area contributed by atoms with Crippen LogP contribution in [0, 0.1) is 25.2 Å². The summed E-state index contributed by atoms with van der Waals surface area (Å²) in [4.78, 5) is 0. The van der Waals surface area contributed by atoms with Crippen molar-refractivity contribution >= 4 is 0 Å². The summed E-state index contributed by atoms with van der Waals surface area (Å²) in [7, 11) is 0. The molecule has 2 unspecified atom stereocenters. The molecule has 1 aromatic heterocycles. The Labute approximate surface area is 90.3 Å². The fourth-order valence-electron chi connectivity index (χ4n) is 1.81. The second-order valence-electron chi connectivity index (χ2n) is 3.89. The number of hydrogen-bond donors (Lipinski definition) is 1. The van der Waals surface area contributed by atoms with Gasteiger partial charge in [-0.25, -0.2) is 0 Å². The second-order valence-corrected chi connectivity index (χ2v) is 3.89. The number of nitrogens with zero attached hydrogens (tertiary/aromatic N) is 2. The highest BCUT2D eigenvalue weighted by Crippen LogP contribution is 2.21. The van der Waals surface area contributed by atoms with Gasteiger partial charge in [0.2, 0.25) is 0 Å². The SMILES string of the molecule is Cc1noc(C)c1C(C)NC(C)CC#N. The van der Waals surface area contributed by atoms with Gasteiger partial charge in [0.15, 0.2) is 0 Å². The number of hydrogen-bond acceptors (Lipinski definition) is 4. The average molecular weight is 207 g/mol. The van der Waals surface area contributed by atoms with E-state index in [1.165, 1.54) is 0 Å². The van der Waals surface area contributed by atoms with E-state index in [0.29, 0.717) is 6.42 Å². The first-order chi connectivity index (χ1) is 7.06. The van der Waals surface area contributed by atoms with Crippen molar-refractivity contribution < 1.29 is 4.52 Å². The Hall–Kier alpha value is -1.34. The van der Waals surface area contributed by atoms with Gasteiger partial charge in [-0.15, -0.1) is 0 Å². The van der Waals surface area contributed by atoms with Gasteiger partial charge < -0.3 is 9.84 Å². The highest BCUT2D eigenvalue weighted by molar-refractivity contribution is 5.24. The maximum atomic E-state index is 8.57. The molecule has 0 amide bonds. The van der Waals surface area contributed by atoms with Crippen molar-refractivity contribution in [2.45, 2.75) is 46.2 Å². The lowest BCUT2D eigenvalue weighted by Gasteiger charge is -2.17. The Kier molecular flexibility index (Phi) is 3.87. The van der Waals surface area contributed by atoms with Crippen LogP contribution in [-0.2, 0) is 0 Å². The van der Waals surface area contributed by atoms with Crippen molar-refractivity contribution in [2.75, 3.05) is 0 Å². The van der Waals surface area contributed by atoms with Crippen LogP contribution in [0.4, 0.5) is 0 Å². The molecule has 1 heterocycles. The van der Waals surface area contributed by atoms with E-state index in [4.69, 9.17) is 9.78 Å². The zero-order valence-electron chi connectivity index (χ0n) is 9.66. The van der Waals surface area contributed by atoms with Gasteiger partial charge in [-0.05, 0) is 27.7 Å². The maximum Gasteiger partial charge on any atom is 0.138 e. The van der Waals surface area contributed by atoms with E-state index in [1.54, 1.807) is 0 Å². The van der Waals surface area contributed by atoms with Crippen LogP contribution in [0.25, 0.3) is 0 Å². The van der Waals surface area contributed by atoms with Gasteiger partial charge >= 0.3 is 0 Å². The van der Waals surface area contributed by atoms with Crippen LogP contribution in [0.15, 0.2) is 4.52 Å². The van der Waals surface area contributed by atoms with Crippen LogP contribution in [0.3, 0.4) is 0 Å². The zero-order chi connectivity index (χ0) is 11.4. The highest BCUT2D eigenvalue weighted by atomic mass is 16.5. The summed E-state index contributed by atoms with van der Waals surface area (Å²) in [5.74, 6) is 0.844. The Morgan fingerprint density at radius 3 is 2.60 bits per heavy atom. The molecule has 0 saturated heterocycles. The fraction of sp³-hybridized carbons (Fsp3) is 0.636. The number of nitrogens with one attached hydrogen (secondary N) is 1. The monoisotopic (exact) mass is 207 g/mol. The van der Waals surface area contributed by atoms with Crippen LogP contribution in [0.5, 0.6) is 0 Å². The van der Waals surface area contributed by atoms with Crippen molar-refractivity contribution in [2.24, 2.45) is 0 Å². The molecule has 15 heavy (non-hydrogen) atoms. The minimum absolute atomic E-state index is 0.166. The van der Waals surface area contributed by atoms with Gasteiger partial charge in [0.05, 0.1) is 18.2 Å². The Bertz CT molecular complexity index is 345.